The van der Waals surface area contributed by atoms with Gasteiger partial charge in [0.15, 0.2) is 9.76 Å². The largest absolute Gasteiger partial charge is 0.426 e. The molecule has 0 aliphatic carbocycles. The van der Waals surface area contributed by atoms with Crippen LogP contribution in [0.4, 0.5) is 0 Å². The molecule has 1 atom stereocenters. The van der Waals surface area contributed by atoms with Gasteiger partial charge in [-0.05, 0) is 25.4 Å². The molecule has 1 unspecified atom stereocenters. The van der Waals surface area contributed by atoms with Crippen LogP contribution in [0.15, 0.2) is 0 Å². The Balaban J connectivity index is 2.27. The number of hydrogen-bond donors (Lipinski definition) is 0. The molecule has 66 valence electrons. The molecule has 0 spiro atoms. The van der Waals surface area contributed by atoms with Crippen molar-refractivity contribution >= 4 is 19.4 Å². The van der Waals surface area contributed by atoms with E-state index in [4.69, 9.17) is 4.43 Å². The Morgan fingerprint density at radius 1 is 1.73 bits per heavy atom. The van der Waals surface area contributed by atoms with Crippen molar-refractivity contribution in [3.63, 3.8) is 0 Å². The summed E-state index contributed by atoms with van der Waals surface area (Å²) in [5.74, 6) is 0. The third-order valence-corrected chi connectivity index (χ3v) is 7.04. The molecular formula is C7H19NOSi2. The molecule has 11 heavy (non-hydrogen) atoms. The van der Waals surface area contributed by atoms with Crippen LogP contribution < -0.4 is 0 Å². The first-order valence-corrected chi connectivity index (χ1v) is 7.64. The van der Waals surface area contributed by atoms with E-state index in [9.17, 15) is 0 Å². The molecule has 0 saturated carbocycles. The lowest BCUT2D eigenvalue weighted by atomic mass is 10.4. The first-order chi connectivity index (χ1) is 5.38. The minimum atomic E-state index is -0.233. The molecule has 0 aromatic rings. The van der Waals surface area contributed by atoms with E-state index >= 15 is 0 Å². The predicted molar refractivity (Wildman–Crippen MR) is 54.3 cm³/mol. The molecule has 1 heterocycles. The molecule has 0 amide bonds. The Hall–Kier alpha value is 0.354. The summed E-state index contributed by atoms with van der Waals surface area (Å²) >= 11 is 0. The van der Waals surface area contributed by atoms with Gasteiger partial charge in [-0.15, -0.1) is 0 Å². The highest BCUT2D eigenvalue weighted by atomic mass is 28.2. The monoisotopic (exact) mass is 189 g/mol. The molecule has 1 saturated heterocycles. The zero-order valence-electron chi connectivity index (χ0n) is 7.68. The maximum atomic E-state index is 5.33. The van der Waals surface area contributed by atoms with Crippen LogP contribution in [0, 0.1) is 0 Å². The van der Waals surface area contributed by atoms with Gasteiger partial charge in [-0.25, -0.2) is 0 Å². The topological polar surface area (TPSA) is 12.5 Å². The summed E-state index contributed by atoms with van der Waals surface area (Å²) in [5.41, 5.74) is 0.870. The van der Waals surface area contributed by atoms with Gasteiger partial charge in [0.1, 0.15) is 0 Å². The molecule has 0 N–H and O–H groups in total. The SMILES string of the molecule is CCC([SiH2]OC)N1CCC[SiH2]1. The standard InChI is InChI=1S/C7H19NOSi2/c1-3-7(11-9-2)8-5-4-6-10-8/h7H,3-6,10-11H2,1-2H3. The second kappa shape index (κ2) is 5.08. The van der Waals surface area contributed by atoms with E-state index < -0.39 is 0 Å². The fraction of sp³-hybridized carbons (Fsp3) is 1.00. The minimum absolute atomic E-state index is 0.167. The third kappa shape index (κ3) is 2.70. The Morgan fingerprint density at radius 2 is 2.55 bits per heavy atom. The molecular weight excluding hydrogens is 170 g/mol. The number of hydrogen-bond acceptors (Lipinski definition) is 2. The van der Waals surface area contributed by atoms with Gasteiger partial charge in [-0.3, -0.25) is 0 Å². The van der Waals surface area contributed by atoms with Crippen molar-refractivity contribution in [1.29, 1.82) is 0 Å². The zero-order chi connectivity index (χ0) is 8.10. The maximum Gasteiger partial charge on any atom is 0.177 e. The lowest BCUT2D eigenvalue weighted by Crippen LogP contribution is -2.39. The molecule has 0 aromatic carbocycles. The van der Waals surface area contributed by atoms with Crippen molar-refractivity contribution < 1.29 is 4.43 Å². The molecule has 0 bridgehead atoms. The van der Waals surface area contributed by atoms with Gasteiger partial charge < -0.3 is 8.99 Å². The quantitative estimate of drug-likeness (QED) is 0.561. The first-order valence-electron chi connectivity index (χ1n) is 4.61. The average molecular weight is 189 g/mol. The van der Waals surface area contributed by atoms with Crippen molar-refractivity contribution in [3.05, 3.63) is 0 Å². The van der Waals surface area contributed by atoms with E-state index in [1.54, 1.807) is 0 Å². The van der Waals surface area contributed by atoms with Gasteiger partial charge in [0.25, 0.3) is 0 Å². The van der Waals surface area contributed by atoms with Crippen LogP contribution in [0.1, 0.15) is 19.8 Å². The molecule has 1 rings (SSSR count). The van der Waals surface area contributed by atoms with Gasteiger partial charge in [0.2, 0.25) is 0 Å². The molecule has 4 heteroatoms. The smallest absolute Gasteiger partial charge is 0.177 e. The van der Waals surface area contributed by atoms with Crippen molar-refractivity contribution in [2.75, 3.05) is 13.7 Å². The summed E-state index contributed by atoms with van der Waals surface area (Å²) in [4.78, 5) is 0. The molecule has 1 fully saturated rings. The first kappa shape index (κ1) is 9.44. The van der Waals surface area contributed by atoms with Crippen LogP contribution in [0.5, 0.6) is 0 Å². The molecule has 2 nitrogen and oxygen atoms in total. The van der Waals surface area contributed by atoms with E-state index in [0.717, 1.165) is 5.67 Å². The van der Waals surface area contributed by atoms with Crippen LogP contribution in [0.3, 0.4) is 0 Å². The van der Waals surface area contributed by atoms with Crippen molar-refractivity contribution in [3.8, 4) is 0 Å². The third-order valence-electron chi connectivity index (χ3n) is 2.49. The molecule has 0 aromatic heterocycles. The molecule has 1 aliphatic rings. The average Bonchev–Trinajstić information content (AvgIpc) is 2.52. The van der Waals surface area contributed by atoms with Crippen LogP contribution in [-0.4, -0.2) is 43.3 Å². The van der Waals surface area contributed by atoms with Crippen LogP contribution >= 0.6 is 0 Å². The number of rotatable bonds is 4. The Morgan fingerprint density at radius 3 is 3.00 bits per heavy atom. The Kier molecular flexibility index (Phi) is 4.36. The minimum Gasteiger partial charge on any atom is -0.426 e. The summed E-state index contributed by atoms with van der Waals surface area (Å²) in [7, 11) is 1.80. The Labute approximate surface area is 74.1 Å². The van der Waals surface area contributed by atoms with Crippen LogP contribution in [0.25, 0.3) is 0 Å². The van der Waals surface area contributed by atoms with E-state index in [1.165, 1.54) is 25.4 Å². The van der Waals surface area contributed by atoms with Crippen molar-refractivity contribution in [2.24, 2.45) is 0 Å². The van der Waals surface area contributed by atoms with Gasteiger partial charge >= 0.3 is 0 Å². The second-order valence-electron chi connectivity index (χ2n) is 3.26. The highest BCUT2D eigenvalue weighted by molar-refractivity contribution is 6.38. The van der Waals surface area contributed by atoms with Crippen LogP contribution in [-0.2, 0) is 4.43 Å². The number of nitrogens with zero attached hydrogens (tertiary/aromatic N) is 1. The Bertz CT molecular complexity index is 107. The predicted octanol–water partition coefficient (Wildman–Crippen LogP) is -0.340. The summed E-state index contributed by atoms with van der Waals surface area (Å²) in [5, 5.41) is 0. The van der Waals surface area contributed by atoms with Gasteiger partial charge in [-0.2, -0.15) is 0 Å². The zero-order valence-corrected chi connectivity index (χ0v) is 10.5. The summed E-state index contributed by atoms with van der Waals surface area (Å²) in [6, 6.07) is 1.54. The van der Waals surface area contributed by atoms with Gasteiger partial charge in [0.05, 0.1) is 9.68 Å². The highest BCUT2D eigenvalue weighted by Gasteiger charge is 2.20. The van der Waals surface area contributed by atoms with E-state index in [2.05, 4.69) is 11.5 Å². The lowest BCUT2D eigenvalue weighted by molar-refractivity contribution is 0.362. The molecule has 0 radical (unpaired) electrons. The van der Waals surface area contributed by atoms with E-state index in [0.29, 0.717) is 0 Å². The maximum absolute atomic E-state index is 5.33. The van der Waals surface area contributed by atoms with Crippen molar-refractivity contribution in [2.45, 2.75) is 31.5 Å². The highest BCUT2D eigenvalue weighted by Crippen LogP contribution is 2.11. The summed E-state index contributed by atoms with van der Waals surface area (Å²) in [6.45, 7) is 3.67. The fourth-order valence-electron chi connectivity index (χ4n) is 1.78. The second-order valence-corrected chi connectivity index (χ2v) is 7.08. The van der Waals surface area contributed by atoms with Crippen LogP contribution in [0.2, 0.25) is 6.04 Å². The van der Waals surface area contributed by atoms with Gasteiger partial charge in [-0.1, -0.05) is 6.92 Å². The van der Waals surface area contributed by atoms with Crippen molar-refractivity contribution in [1.82, 2.24) is 4.57 Å². The summed E-state index contributed by atoms with van der Waals surface area (Å²) < 4.78 is 8.07. The van der Waals surface area contributed by atoms with E-state index in [1.807, 2.05) is 7.11 Å². The fourth-order valence-corrected chi connectivity index (χ4v) is 5.58. The lowest BCUT2D eigenvalue weighted by Gasteiger charge is -2.25. The summed E-state index contributed by atoms with van der Waals surface area (Å²) in [6.07, 6.45) is 2.77. The molecule has 1 aliphatic heterocycles. The van der Waals surface area contributed by atoms with Gasteiger partial charge in [0, 0.05) is 12.8 Å². The van der Waals surface area contributed by atoms with E-state index in [-0.39, 0.29) is 19.4 Å². The normalized spacial score (nSPS) is 25.6.